The van der Waals surface area contributed by atoms with Gasteiger partial charge in [0.25, 0.3) is 5.91 Å². The molecule has 2 heterocycles. The summed E-state index contributed by atoms with van der Waals surface area (Å²) in [4.78, 5) is 12.4. The lowest BCUT2D eigenvalue weighted by Gasteiger charge is -2.04. The molecule has 6 heteroatoms. The number of ether oxygens (including phenoxy) is 1. The number of anilines is 1. The molecule has 1 N–H and O–H groups in total. The van der Waals surface area contributed by atoms with E-state index < -0.39 is 0 Å². The van der Waals surface area contributed by atoms with Crippen molar-refractivity contribution >= 4 is 27.5 Å². The van der Waals surface area contributed by atoms with Gasteiger partial charge in [0.2, 0.25) is 0 Å². The summed E-state index contributed by atoms with van der Waals surface area (Å²) in [6, 6.07) is 14.9. The van der Waals surface area contributed by atoms with Crippen molar-refractivity contribution in [3.05, 3.63) is 64.3 Å². The first kappa shape index (κ1) is 15.9. The van der Waals surface area contributed by atoms with Crippen LogP contribution < -0.4 is 10.1 Å². The second-order valence-electron chi connectivity index (χ2n) is 5.97. The van der Waals surface area contributed by atoms with Crippen LogP contribution in [0.15, 0.2) is 57.5 Å². The van der Waals surface area contributed by atoms with E-state index in [-0.39, 0.29) is 17.7 Å². The summed E-state index contributed by atoms with van der Waals surface area (Å²) in [7, 11) is 0. The van der Waals surface area contributed by atoms with Gasteiger partial charge in [-0.2, -0.15) is 0 Å². The Balaban J connectivity index is 1.55. The molecule has 1 atom stereocenters. The van der Waals surface area contributed by atoms with Gasteiger partial charge in [0.1, 0.15) is 11.9 Å². The Bertz CT molecular complexity index is 951. The van der Waals surface area contributed by atoms with Gasteiger partial charge in [0.05, 0.1) is 5.69 Å². The highest BCUT2D eigenvalue weighted by Crippen LogP contribution is 2.33. The molecule has 0 saturated carbocycles. The highest BCUT2D eigenvalue weighted by atomic mass is 79.9. The minimum absolute atomic E-state index is 0.186. The average Bonchev–Trinajstić information content (AvgIpc) is 3.21. The van der Waals surface area contributed by atoms with Crippen LogP contribution >= 0.6 is 15.9 Å². The fourth-order valence-corrected chi connectivity index (χ4v) is 3.23. The number of aromatic nitrogens is 1. The van der Waals surface area contributed by atoms with E-state index >= 15 is 0 Å². The third-order valence-electron chi connectivity index (χ3n) is 4.05. The van der Waals surface area contributed by atoms with Crippen LogP contribution in [0, 0.1) is 0 Å². The molecular weight excluding hydrogens is 384 g/mol. The summed E-state index contributed by atoms with van der Waals surface area (Å²) in [5.41, 5.74) is 2.93. The van der Waals surface area contributed by atoms with Crippen molar-refractivity contribution in [3.8, 4) is 17.1 Å². The van der Waals surface area contributed by atoms with E-state index in [0.29, 0.717) is 11.4 Å². The summed E-state index contributed by atoms with van der Waals surface area (Å²) < 4.78 is 11.9. The second kappa shape index (κ2) is 6.37. The number of nitrogens with one attached hydrogen (secondary N) is 1. The molecule has 5 nitrogen and oxygen atoms in total. The maximum absolute atomic E-state index is 12.4. The third kappa shape index (κ3) is 3.17. The van der Waals surface area contributed by atoms with Crippen LogP contribution in [0.3, 0.4) is 0 Å². The van der Waals surface area contributed by atoms with E-state index in [2.05, 4.69) is 26.4 Å². The van der Waals surface area contributed by atoms with Gasteiger partial charge in [-0.1, -0.05) is 17.3 Å². The van der Waals surface area contributed by atoms with Crippen molar-refractivity contribution in [2.75, 3.05) is 5.32 Å². The molecule has 1 unspecified atom stereocenters. The normalized spacial score (nSPS) is 15.5. The van der Waals surface area contributed by atoms with Gasteiger partial charge in [-0.05, 0) is 58.7 Å². The monoisotopic (exact) mass is 398 g/mol. The van der Waals surface area contributed by atoms with Crippen LogP contribution in [0.5, 0.6) is 5.75 Å². The fraction of sp³-hybridized carbons (Fsp3) is 0.158. The van der Waals surface area contributed by atoms with Crippen molar-refractivity contribution < 1.29 is 14.1 Å². The number of halogens is 1. The Morgan fingerprint density at radius 3 is 2.92 bits per heavy atom. The molecule has 0 spiro atoms. The van der Waals surface area contributed by atoms with Crippen LogP contribution in [-0.4, -0.2) is 17.2 Å². The predicted octanol–water partition coefficient (Wildman–Crippen LogP) is 4.68. The molecule has 25 heavy (non-hydrogen) atoms. The van der Waals surface area contributed by atoms with Gasteiger partial charge in [-0.15, -0.1) is 0 Å². The molecule has 126 valence electrons. The molecule has 1 aliphatic heterocycles. The van der Waals surface area contributed by atoms with Crippen molar-refractivity contribution in [2.45, 2.75) is 19.4 Å². The molecule has 0 bridgehead atoms. The zero-order valence-electron chi connectivity index (χ0n) is 13.5. The Morgan fingerprint density at radius 1 is 1.24 bits per heavy atom. The molecule has 0 fully saturated rings. The van der Waals surface area contributed by atoms with Gasteiger partial charge < -0.3 is 14.6 Å². The summed E-state index contributed by atoms with van der Waals surface area (Å²) in [6.45, 7) is 2.04. The zero-order chi connectivity index (χ0) is 17.4. The van der Waals surface area contributed by atoms with Gasteiger partial charge in [0, 0.05) is 22.5 Å². The molecule has 0 radical (unpaired) electrons. The molecular formula is C19H15BrN2O3. The summed E-state index contributed by atoms with van der Waals surface area (Å²) in [5.74, 6) is 1.14. The molecule has 4 rings (SSSR count). The quantitative estimate of drug-likeness (QED) is 0.695. The number of carbonyl (C=O) groups is 1. The highest BCUT2D eigenvalue weighted by molar-refractivity contribution is 9.10. The lowest BCUT2D eigenvalue weighted by Crippen LogP contribution is -2.12. The first-order valence-corrected chi connectivity index (χ1v) is 8.72. The number of fused-ring (bicyclic) bond motifs is 1. The third-order valence-corrected chi connectivity index (χ3v) is 4.74. The van der Waals surface area contributed by atoms with E-state index in [0.717, 1.165) is 27.8 Å². The molecule has 0 aliphatic carbocycles. The van der Waals surface area contributed by atoms with Crippen molar-refractivity contribution in [2.24, 2.45) is 0 Å². The maximum atomic E-state index is 12.4. The van der Waals surface area contributed by atoms with Crippen LogP contribution in [-0.2, 0) is 6.42 Å². The number of amides is 1. The number of rotatable bonds is 3. The van der Waals surface area contributed by atoms with Crippen LogP contribution in [0.2, 0.25) is 0 Å². The molecule has 1 aromatic heterocycles. The minimum Gasteiger partial charge on any atom is -0.490 e. The van der Waals surface area contributed by atoms with Crippen LogP contribution in [0.25, 0.3) is 11.3 Å². The summed E-state index contributed by atoms with van der Waals surface area (Å²) >= 11 is 3.40. The summed E-state index contributed by atoms with van der Waals surface area (Å²) in [5, 5.41) is 6.70. The minimum atomic E-state index is -0.319. The number of para-hydroxylation sites is 1. The molecule has 3 aromatic rings. The molecule has 0 saturated heterocycles. The summed E-state index contributed by atoms with van der Waals surface area (Å²) in [6.07, 6.45) is 1.05. The van der Waals surface area contributed by atoms with E-state index in [1.165, 1.54) is 0 Å². The molecule has 1 amide bonds. The Morgan fingerprint density at radius 2 is 2.08 bits per heavy atom. The molecule has 2 aromatic carbocycles. The Hall–Kier alpha value is -2.60. The maximum Gasteiger partial charge on any atom is 0.277 e. The molecule has 1 aliphatic rings. The standard InChI is InChI=1S/C19H15BrN2O3/c1-11-8-13-9-12(6-7-17(13)24-11)18-10-16(22-25-18)19(23)21-15-5-3-2-4-14(15)20/h2-7,9-11H,8H2,1H3,(H,21,23). The van der Waals surface area contributed by atoms with Gasteiger partial charge >= 0.3 is 0 Å². The van der Waals surface area contributed by atoms with Crippen molar-refractivity contribution in [1.82, 2.24) is 5.16 Å². The number of nitrogens with zero attached hydrogens (tertiary/aromatic N) is 1. The number of hydrogen-bond acceptors (Lipinski definition) is 4. The number of carbonyl (C=O) groups excluding carboxylic acids is 1. The largest absolute Gasteiger partial charge is 0.490 e. The van der Waals surface area contributed by atoms with Crippen molar-refractivity contribution in [3.63, 3.8) is 0 Å². The Labute approximate surface area is 153 Å². The Kier molecular flexibility index (Phi) is 4.05. The average molecular weight is 399 g/mol. The number of benzene rings is 2. The first-order chi connectivity index (χ1) is 12.1. The van der Waals surface area contributed by atoms with E-state index in [9.17, 15) is 4.79 Å². The van der Waals surface area contributed by atoms with Gasteiger partial charge in [-0.3, -0.25) is 4.79 Å². The SMILES string of the molecule is CC1Cc2cc(-c3cc(C(=O)Nc4ccccc4Br)no3)ccc2O1. The van der Waals surface area contributed by atoms with Gasteiger partial charge in [0.15, 0.2) is 11.5 Å². The lowest BCUT2D eigenvalue weighted by molar-refractivity contribution is 0.101. The van der Waals surface area contributed by atoms with E-state index in [4.69, 9.17) is 9.26 Å². The first-order valence-electron chi connectivity index (χ1n) is 7.93. The van der Waals surface area contributed by atoms with E-state index in [1.807, 2.05) is 49.4 Å². The van der Waals surface area contributed by atoms with Crippen LogP contribution in [0.4, 0.5) is 5.69 Å². The fourth-order valence-electron chi connectivity index (χ4n) is 2.84. The zero-order valence-corrected chi connectivity index (χ0v) is 15.0. The smallest absolute Gasteiger partial charge is 0.277 e. The van der Waals surface area contributed by atoms with Crippen molar-refractivity contribution in [1.29, 1.82) is 0 Å². The van der Waals surface area contributed by atoms with E-state index in [1.54, 1.807) is 6.07 Å². The second-order valence-corrected chi connectivity index (χ2v) is 6.82. The topological polar surface area (TPSA) is 64.4 Å². The predicted molar refractivity (Wildman–Crippen MR) is 97.8 cm³/mol. The number of hydrogen-bond donors (Lipinski definition) is 1. The lowest BCUT2D eigenvalue weighted by atomic mass is 10.1. The highest BCUT2D eigenvalue weighted by Gasteiger charge is 2.21. The van der Waals surface area contributed by atoms with Crippen LogP contribution in [0.1, 0.15) is 23.0 Å². The van der Waals surface area contributed by atoms with Gasteiger partial charge in [-0.25, -0.2) is 0 Å².